The first-order chi connectivity index (χ1) is 32.4. The number of phenols is 5. The number of carbonyl (C=O) groups excluding carboxylic acids is 2. The van der Waals surface area contributed by atoms with Crippen molar-refractivity contribution in [3.8, 4) is 34.5 Å². The standard InChI is InChI=1S/C45H54O23/c1-20-40(67-45-37(57)35(55)34(54)31(65-45)19-62-32(52)11-6-22-5-10-26(49)29(17-22)60-2)36(56)38(58)44(63-20)68-42-39(59)43(61-14-13-23-4-9-25(48)28(51)16-23)64-30(18-46)41(42)66-33(53)12-7-21-3-8-24(47)27(50)15-21/h3-12,15-17,20,30-31,34-51,54-59H,13-14,18-19H2,1-2H3/b11-6+,12-7+/t20-,30+,31+,34+,35-,36-,37+,38+,39+,40-,41+,42+,43+,44-,45-/m0/s1. The first-order valence-corrected chi connectivity index (χ1v) is 21.1. The smallest absolute Gasteiger partial charge is 0.331 e. The predicted molar refractivity (Wildman–Crippen MR) is 227 cm³/mol. The molecule has 0 amide bonds. The van der Waals surface area contributed by atoms with E-state index in [1.807, 2.05) is 0 Å². The Morgan fingerprint density at radius 1 is 0.603 bits per heavy atom. The molecule has 3 aliphatic heterocycles. The summed E-state index contributed by atoms with van der Waals surface area (Å²) in [5, 5.41) is 126. The van der Waals surface area contributed by atoms with Crippen molar-refractivity contribution in [1.82, 2.24) is 0 Å². The van der Waals surface area contributed by atoms with Crippen LogP contribution in [0.5, 0.6) is 34.5 Å². The Kier molecular flexibility index (Phi) is 17.6. The minimum atomic E-state index is -2.04. The van der Waals surface area contributed by atoms with E-state index in [1.165, 1.54) is 74.7 Å². The van der Waals surface area contributed by atoms with E-state index in [4.69, 9.17) is 42.6 Å². The Morgan fingerprint density at radius 3 is 1.85 bits per heavy atom. The van der Waals surface area contributed by atoms with E-state index in [2.05, 4.69) is 0 Å². The van der Waals surface area contributed by atoms with Crippen LogP contribution in [-0.2, 0) is 53.9 Å². The number of aromatic hydroxyl groups is 5. The SMILES string of the molecule is COc1cc(/C=C/C(=O)OC[C@H]2O[C@@H](O[C@@H]3[C@@H](O)[C@@H](O)[C@H](O[C@@H]4[C@@H](O)[C@H](OCCc5ccc(O)c(O)c5)O[C@H](CO)[C@H]4OC(=O)/C=C/c4ccc(O)c(O)c4)O[C@H]3C)[C@H](O)[C@@H](O)[C@@H]2O)ccc1O. The van der Waals surface area contributed by atoms with Gasteiger partial charge in [-0.15, -0.1) is 0 Å². The van der Waals surface area contributed by atoms with Gasteiger partial charge in [-0.3, -0.25) is 0 Å². The van der Waals surface area contributed by atoms with E-state index in [9.17, 15) is 70.9 Å². The third kappa shape index (κ3) is 12.5. The number of benzene rings is 3. The van der Waals surface area contributed by atoms with Gasteiger partial charge in [0.2, 0.25) is 0 Å². The number of esters is 2. The molecule has 0 unspecified atom stereocenters. The van der Waals surface area contributed by atoms with Crippen LogP contribution in [0, 0.1) is 0 Å². The lowest BCUT2D eigenvalue weighted by atomic mass is 9.96. The molecule has 0 spiro atoms. The molecule has 0 radical (unpaired) electrons. The zero-order valence-electron chi connectivity index (χ0n) is 36.4. The monoisotopic (exact) mass is 962 g/mol. The zero-order valence-corrected chi connectivity index (χ0v) is 36.4. The summed E-state index contributed by atoms with van der Waals surface area (Å²) in [5.41, 5.74) is 1.25. The van der Waals surface area contributed by atoms with E-state index >= 15 is 0 Å². The number of phenolic OH excluding ortho intramolecular Hbond substituents is 5. The molecule has 0 aliphatic carbocycles. The van der Waals surface area contributed by atoms with Crippen LogP contribution in [0.2, 0.25) is 0 Å². The minimum Gasteiger partial charge on any atom is -0.504 e. The van der Waals surface area contributed by atoms with Crippen molar-refractivity contribution >= 4 is 24.1 Å². The number of carbonyl (C=O) groups is 2. The van der Waals surface area contributed by atoms with Gasteiger partial charge in [-0.1, -0.05) is 18.2 Å². The first-order valence-electron chi connectivity index (χ1n) is 21.1. The molecule has 0 aromatic heterocycles. The van der Waals surface area contributed by atoms with E-state index in [0.29, 0.717) is 11.1 Å². The van der Waals surface area contributed by atoms with E-state index in [0.717, 1.165) is 18.2 Å². The van der Waals surface area contributed by atoms with Crippen molar-refractivity contribution in [3.63, 3.8) is 0 Å². The number of aliphatic hydroxyl groups is 7. The van der Waals surface area contributed by atoms with E-state index in [-0.39, 0.29) is 41.6 Å². The van der Waals surface area contributed by atoms with Gasteiger partial charge in [-0.2, -0.15) is 0 Å². The molecule has 3 saturated heterocycles. The molecule has 23 nitrogen and oxygen atoms in total. The van der Waals surface area contributed by atoms with E-state index in [1.54, 1.807) is 0 Å². The quantitative estimate of drug-likeness (QED) is 0.0429. The van der Waals surface area contributed by atoms with Crippen LogP contribution >= 0.6 is 0 Å². The summed E-state index contributed by atoms with van der Waals surface area (Å²) < 4.78 is 50.8. The molecule has 0 bridgehead atoms. The van der Waals surface area contributed by atoms with Gasteiger partial charge in [0.05, 0.1) is 26.4 Å². The number of hydrogen-bond acceptors (Lipinski definition) is 23. The highest BCUT2D eigenvalue weighted by Gasteiger charge is 2.54. The summed E-state index contributed by atoms with van der Waals surface area (Å²) in [5.74, 6) is -3.55. The fourth-order valence-corrected chi connectivity index (χ4v) is 7.43. The number of aliphatic hydroxyl groups excluding tert-OH is 7. The van der Waals surface area contributed by atoms with Crippen molar-refractivity contribution in [2.24, 2.45) is 0 Å². The van der Waals surface area contributed by atoms with Crippen molar-refractivity contribution in [1.29, 1.82) is 0 Å². The van der Waals surface area contributed by atoms with Crippen molar-refractivity contribution < 1.29 is 113 Å². The van der Waals surface area contributed by atoms with Crippen LogP contribution in [0.4, 0.5) is 0 Å². The second-order valence-electron chi connectivity index (χ2n) is 15.9. The molecule has 3 aliphatic rings. The molecule has 6 rings (SSSR count). The summed E-state index contributed by atoms with van der Waals surface area (Å²) in [7, 11) is 1.35. The maximum Gasteiger partial charge on any atom is 0.331 e. The largest absolute Gasteiger partial charge is 0.504 e. The first kappa shape index (κ1) is 51.7. The Balaban J connectivity index is 1.13. The van der Waals surface area contributed by atoms with Crippen molar-refractivity contribution in [2.75, 3.05) is 26.9 Å². The van der Waals surface area contributed by atoms with Crippen LogP contribution in [0.3, 0.4) is 0 Å². The normalized spacial score (nSPS) is 32.0. The average molecular weight is 963 g/mol. The molecule has 15 atom stereocenters. The van der Waals surface area contributed by atoms with E-state index < -0.39 is 129 Å². The third-order valence-corrected chi connectivity index (χ3v) is 11.2. The highest BCUT2D eigenvalue weighted by molar-refractivity contribution is 5.88. The van der Waals surface area contributed by atoms with Gasteiger partial charge >= 0.3 is 11.9 Å². The second-order valence-corrected chi connectivity index (χ2v) is 15.9. The van der Waals surface area contributed by atoms with Gasteiger partial charge in [0.25, 0.3) is 0 Å². The van der Waals surface area contributed by atoms with Crippen LogP contribution in [0.15, 0.2) is 66.7 Å². The molecule has 23 heteroatoms. The van der Waals surface area contributed by atoms with Gasteiger partial charge in [0, 0.05) is 12.2 Å². The predicted octanol–water partition coefficient (Wildman–Crippen LogP) is -1.21. The van der Waals surface area contributed by atoms with Gasteiger partial charge in [0.15, 0.2) is 59.5 Å². The van der Waals surface area contributed by atoms with Gasteiger partial charge < -0.3 is 104 Å². The van der Waals surface area contributed by atoms with Crippen molar-refractivity contribution in [2.45, 2.75) is 105 Å². The van der Waals surface area contributed by atoms with Gasteiger partial charge in [-0.25, -0.2) is 9.59 Å². The average Bonchev–Trinajstić information content (AvgIpc) is 3.31. The third-order valence-electron chi connectivity index (χ3n) is 11.2. The molecule has 3 aromatic carbocycles. The Labute approximate surface area is 387 Å². The zero-order chi connectivity index (χ0) is 49.4. The fourth-order valence-electron chi connectivity index (χ4n) is 7.43. The molecular weight excluding hydrogens is 908 g/mol. The molecular formula is C45H54O23. The maximum atomic E-state index is 13.2. The molecule has 372 valence electrons. The second kappa shape index (κ2) is 23.1. The molecule has 3 heterocycles. The molecule has 3 aromatic rings. The van der Waals surface area contributed by atoms with Gasteiger partial charge in [0.1, 0.15) is 67.6 Å². The van der Waals surface area contributed by atoms with Crippen LogP contribution < -0.4 is 4.74 Å². The summed E-state index contributed by atoms with van der Waals surface area (Å²) in [4.78, 5) is 25.7. The summed E-state index contributed by atoms with van der Waals surface area (Å²) in [6, 6.07) is 12.1. The molecule has 68 heavy (non-hydrogen) atoms. The summed E-state index contributed by atoms with van der Waals surface area (Å²) in [6.07, 6.45) is -21.2. The number of methoxy groups -OCH3 is 1. The number of hydrogen-bond donors (Lipinski definition) is 12. The molecule has 12 N–H and O–H groups in total. The van der Waals surface area contributed by atoms with Crippen molar-refractivity contribution in [3.05, 3.63) is 83.4 Å². The Morgan fingerprint density at radius 2 is 1.19 bits per heavy atom. The molecule has 3 fully saturated rings. The topological polar surface area (TPSA) is 360 Å². The van der Waals surface area contributed by atoms with Crippen LogP contribution in [0.25, 0.3) is 12.2 Å². The Hall–Kier alpha value is -5.64. The molecule has 0 saturated carbocycles. The number of rotatable bonds is 17. The van der Waals surface area contributed by atoms with Crippen LogP contribution in [-0.4, -0.2) is 192 Å². The summed E-state index contributed by atoms with van der Waals surface area (Å²) in [6.45, 7) is -0.302. The summed E-state index contributed by atoms with van der Waals surface area (Å²) >= 11 is 0. The maximum absolute atomic E-state index is 13.2. The lowest BCUT2D eigenvalue weighted by Gasteiger charge is -2.48. The highest BCUT2D eigenvalue weighted by atomic mass is 16.8. The minimum absolute atomic E-state index is 0.121. The Bertz CT molecular complexity index is 2240. The highest BCUT2D eigenvalue weighted by Crippen LogP contribution is 2.35. The number of ether oxygens (including phenoxy) is 9. The van der Waals surface area contributed by atoms with Crippen LogP contribution in [0.1, 0.15) is 23.6 Å². The van der Waals surface area contributed by atoms with Gasteiger partial charge in [-0.05, 0) is 78.6 Å². The lowest BCUT2D eigenvalue weighted by molar-refractivity contribution is -0.376. The fraction of sp³-hybridized carbons (Fsp3) is 0.467. The lowest BCUT2D eigenvalue weighted by Crippen LogP contribution is -2.66.